The van der Waals surface area contributed by atoms with E-state index in [1.165, 1.54) is 12.1 Å². The minimum absolute atomic E-state index is 0.0699. The van der Waals surface area contributed by atoms with E-state index in [1.54, 1.807) is 26.2 Å². The van der Waals surface area contributed by atoms with Gasteiger partial charge in [0, 0.05) is 32.3 Å². The number of nitrogens with two attached hydrogens (primary N) is 1. The molecule has 7 nitrogen and oxygen atoms in total. The molecule has 0 aliphatic rings. The molecular formula is C14H21N3O4. The van der Waals surface area contributed by atoms with Gasteiger partial charge in [0.05, 0.1) is 17.6 Å². The van der Waals surface area contributed by atoms with Crippen molar-refractivity contribution in [2.45, 2.75) is 19.4 Å². The van der Waals surface area contributed by atoms with Gasteiger partial charge in [0.2, 0.25) is 5.91 Å². The lowest BCUT2D eigenvalue weighted by Crippen LogP contribution is -2.45. The van der Waals surface area contributed by atoms with Crippen molar-refractivity contribution in [3.63, 3.8) is 0 Å². The van der Waals surface area contributed by atoms with Crippen molar-refractivity contribution in [3.8, 4) is 0 Å². The van der Waals surface area contributed by atoms with Crippen molar-refractivity contribution >= 4 is 11.6 Å². The molecule has 1 aromatic carbocycles. The molecule has 0 aliphatic carbocycles. The van der Waals surface area contributed by atoms with E-state index in [9.17, 15) is 14.9 Å². The molecule has 116 valence electrons. The van der Waals surface area contributed by atoms with Crippen LogP contribution in [0.5, 0.6) is 0 Å². The molecule has 1 rings (SSSR count). The Morgan fingerprint density at radius 2 is 2.00 bits per heavy atom. The van der Waals surface area contributed by atoms with Gasteiger partial charge >= 0.3 is 0 Å². The third-order valence-electron chi connectivity index (χ3n) is 3.38. The summed E-state index contributed by atoms with van der Waals surface area (Å²) in [6.07, 6.45) is 0.680. The number of primary amides is 1. The van der Waals surface area contributed by atoms with E-state index in [1.807, 2.05) is 4.90 Å². The second-order valence-corrected chi connectivity index (χ2v) is 4.78. The first-order chi connectivity index (χ1) is 9.95. The molecule has 1 aromatic rings. The number of rotatable bonds is 9. The zero-order valence-electron chi connectivity index (χ0n) is 12.3. The number of methoxy groups -OCH3 is 1. The number of nitro benzene ring substituents is 1. The molecular weight excluding hydrogens is 274 g/mol. The second kappa shape index (κ2) is 8.33. The Morgan fingerprint density at radius 1 is 1.38 bits per heavy atom. The van der Waals surface area contributed by atoms with Crippen molar-refractivity contribution < 1.29 is 14.5 Å². The van der Waals surface area contributed by atoms with E-state index in [-0.39, 0.29) is 17.6 Å². The molecule has 0 spiro atoms. The van der Waals surface area contributed by atoms with Crippen LogP contribution in [0.25, 0.3) is 0 Å². The smallest absolute Gasteiger partial charge is 0.269 e. The van der Waals surface area contributed by atoms with Crippen molar-refractivity contribution in [2.24, 2.45) is 5.73 Å². The summed E-state index contributed by atoms with van der Waals surface area (Å²) < 4.78 is 5.03. The number of hydrogen-bond donors (Lipinski definition) is 1. The largest absolute Gasteiger partial charge is 0.383 e. The van der Waals surface area contributed by atoms with Gasteiger partial charge in [-0.05, 0) is 18.9 Å². The molecule has 21 heavy (non-hydrogen) atoms. The van der Waals surface area contributed by atoms with Gasteiger partial charge < -0.3 is 10.5 Å². The van der Waals surface area contributed by atoms with E-state index >= 15 is 0 Å². The van der Waals surface area contributed by atoms with Crippen LogP contribution >= 0.6 is 0 Å². The van der Waals surface area contributed by atoms with Gasteiger partial charge in [-0.2, -0.15) is 0 Å². The molecule has 1 unspecified atom stereocenters. The molecule has 0 saturated carbocycles. The standard InChI is InChI=1S/C14H21N3O4/c1-11(14(15)18)16(9-10-21-2)8-7-12-3-5-13(6-4-12)17(19)20/h3-6,11H,7-10H2,1-2H3,(H2,15,18). The molecule has 2 N–H and O–H groups in total. The van der Waals surface area contributed by atoms with Gasteiger partial charge in [0.15, 0.2) is 0 Å². The fourth-order valence-corrected chi connectivity index (χ4v) is 1.94. The van der Waals surface area contributed by atoms with E-state index in [0.29, 0.717) is 26.1 Å². The highest BCUT2D eigenvalue weighted by Gasteiger charge is 2.18. The summed E-state index contributed by atoms with van der Waals surface area (Å²) in [7, 11) is 1.60. The summed E-state index contributed by atoms with van der Waals surface area (Å²) in [6, 6.07) is 6.03. The lowest BCUT2D eigenvalue weighted by molar-refractivity contribution is -0.384. The first-order valence-electron chi connectivity index (χ1n) is 6.71. The quantitative estimate of drug-likeness (QED) is 0.540. The predicted molar refractivity (Wildman–Crippen MR) is 78.9 cm³/mol. The van der Waals surface area contributed by atoms with Crippen LogP contribution in [-0.2, 0) is 16.0 Å². The van der Waals surface area contributed by atoms with E-state index in [4.69, 9.17) is 10.5 Å². The number of amides is 1. The molecule has 1 amide bonds. The molecule has 0 aliphatic heterocycles. The Bertz CT molecular complexity index is 476. The van der Waals surface area contributed by atoms with Crippen LogP contribution in [0, 0.1) is 10.1 Å². The highest BCUT2D eigenvalue weighted by Crippen LogP contribution is 2.13. The van der Waals surface area contributed by atoms with Crippen LogP contribution < -0.4 is 5.73 Å². The number of nitrogens with zero attached hydrogens (tertiary/aromatic N) is 2. The highest BCUT2D eigenvalue weighted by molar-refractivity contribution is 5.79. The third kappa shape index (κ3) is 5.49. The first kappa shape index (κ1) is 17.1. The zero-order chi connectivity index (χ0) is 15.8. The SMILES string of the molecule is COCCN(CCc1ccc([N+](=O)[O-])cc1)C(C)C(N)=O. The number of benzene rings is 1. The minimum atomic E-state index is -0.427. The average molecular weight is 295 g/mol. The first-order valence-corrected chi connectivity index (χ1v) is 6.71. The Morgan fingerprint density at radius 3 is 2.48 bits per heavy atom. The van der Waals surface area contributed by atoms with Crippen LogP contribution in [0.4, 0.5) is 5.69 Å². The summed E-state index contributed by atoms with van der Waals surface area (Å²) >= 11 is 0. The number of non-ortho nitro benzene ring substituents is 1. The highest BCUT2D eigenvalue weighted by atomic mass is 16.6. The van der Waals surface area contributed by atoms with Crippen LogP contribution in [-0.4, -0.2) is 48.6 Å². The maximum atomic E-state index is 11.3. The molecule has 0 aromatic heterocycles. The molecule has 0 saturated heterocycles. The maximum absolute atomic E-state index is 11.3. The molecule has 1 atom stereocenters. The van der Waals surface area contributed by atoms with Crippen molar-refractivity contribution in [1.82, 2.24) is 4.90 Å². The minimum Gasteiger partial charge on any atom is -0.383 e. The molecule has 0 heterocycles. The van der Waals surface area contributed by atoms with Crippen LogP contribution in [0.2, 0.25) is 0 Å². The summed E-state index contributed by atoms with van der Waals surface area (Å²) in [6.45, 7) is 3.50. The second-order valence-electron chi connectivity index (χ2n) is 4.78. The Balaban J connectivity index is 2.62. The average Bonchev–Trinajstić information content (AvgIpc) is 2.47. The topological polar surface area (TPSA) is 98.7 Å². The number of hydrogen-bond acceptors (Lipinski definition) is 5. The summed E-state index contributed by atoms with van der Waals surface area (Å²) in [5.74, 6) is -0.380. The van der Waals surface area contributed by atoms with Gasteiger partial charge in [-0.1, -0.05) is 12.1 Å². The van der Waals surface area contributed by atoms with Gasteiger partial charge in [-0.3, -0.25) is 19.8 Å². The number of nitro groups is 1. The summed E-state index contributed by atoms with van der Waals surface area (Å²) in [5, 5.41) is 10.6. The van der Waals surface area contributed by atoms with E-state index in [0.717, 1.165) is 5.56 Å². The van der Waals surface area contributed by atoms with Crippen LogP contribution in [0.15, 0.2) is 24.3 Å². The molecule has 0 radical (unpaired) electrons. The van der Waals surface area contributed by atoms with Crippen molar-refractivity contribution in [3.05, 3.63) is 39.9 Å². The lowest BCUT2D eigenvalue weighted by Gasteiger charge is -2.26. The third-order valence-corrected chi connectivity index (χ3v) is 3.38. The Kier molecular flexibility index (Phi) is 6.77. The summed E-state index contributed by atoms with van der Waals surface area (Å²) in [4.78, 5) is 23.4. The molecule has 0 bridgehead atoms. The number of carbonyl (C=O) groups excluding carboxylic acids is 1. The number of ether oxygens (including phenoxy) is 1. The Hall–Kier alpha value is -1.99. The molecule has 0 fully saturated rings. The van der Waals surface area contributed by atoms with Gasteiger partial charge in [0.25, 0.3) is 5.69 Å². The van der Waals surface area contributed by atoms with E-state index in [2.05, 4.69) is 0 Å². The maximum Gasteiger partial charge on any atom is 0.269 e. The van der Waals surface area contributed by atoms with Crippen LogP contribution in [0.1, 0.15) is 12.5 Å². The molecule has 7 heteroatoms. The summed E-state index contributed by atoms with van der Waals surface area (Å²) in [5.41, 5.74) is 6.38. The Labute approximate surface area is 123 Å². The fourth-order valence-electron chi connectivity index (χ4n) is 1.94. The van der Waals surface area contributed by atoms with Crippen molar-refractivity contribution in [1.29, 1.82) is 0 Å². The number of carbonyl (C=O) groups is 1. The van der Waals surface area contributed by atoms with Gasteiger partial charge in [0.1, 0.15) is 0 Å². The predicted octanol–water partition coefficient (Wildman–Crippen LogP) is 0.960. The van der Waals surface area contributed by atoms with Crippen LogP contribution in [0.3, 0.4) is 0 Å². The normalized spacial score (nSPS) is 12.3. The van der Waals surface area contributed by atoms with E-state index < -0.39 is 4.92 Å². The van der Waals surface area contributed by atoms with Gasteiger partial charge in [-0.25, -0.2) is 0 Å². The van der Waals surface area contributed by atoms with Crippen molar-refractivity contribution in [2.75, 3.05) is 26.8 Å². The zero-order valence-corrected chi connectivity index (χ0v) is 12.3. The lowest BCUT2D eigenvalue weighted by atomic mass is 10.1. The fraction of sp³-hybridized carbons (Fsp3) is 0.500. The monoisotopic (exact) mass is 295 g/mol. The van der Waals surface area contributed by atoms with Gasteiger partial charge in [-0.15, -0.1) is 0 Å².